The lowest BCUT2D eigenvalue weighted by atomic mass is 10.2. The van der Waals surface area contributed by atoms with Crippen molar-refractivity contribution in [3.05, 3.63) is 34.1 Å². The molecule has 0 saturated carbocycles. The average molecular weight is 265 g/mol. The highest BCUT2D eigenvalue weighted by Gasteiger charge is 2.16. The van der Waals surface area contributed by atoms with Crippen LogP contribution in [0.15, 0.2) is 22.2 Å². The van der Waals surface area contributed by atoms with Gasteiger partial charge in [-0.3, -0.25) is 4.79 Å². The Kier molecular flexibility index (Phi) is 4.09. The Morgan fingerprint density at radius 3 is 3.00 bits per heavy atom. The Bertz CT molecular complexity index is 507. The molecule has 0 unspecified atom stereocenters. The highest BCUT2D eigenvalue weighted by atomic mass is 32.1. The predicted molar refractivity (Wildman–Crippen MR) is 68.2 cm³/mol. The highest BCUT2D eigenvalue weighted by Crippen LogP contribution is 2.18. The van der Waals surface area contributed by atoms with Crippen LogP contribution < -0.4 is 5.32 Å². The van der Waals surface area contributed by atoms with Crippen LogP contribution in [0.3, 0.4) is 0 Å². The lowest BCUT2D eigenvalue weighted by Gasteiger charge is -2.13. The molecule has 6 heteroatoms. The number of amides is 1. The number of carbonyl (C=O) groups excluding carboxylic acids is 1. The van der Waals surface area contributed by atoms with Crippen molar-refractivity contribution in [3.63, 3.8) is 0 Å². The second kappa shape index (κ2) is 5.77. The molecule has 0 saturated heterocycles. The second-order valence-electron chi connectivity index (χ2n) is 4.01. The summed E-state index contributed by atoms with van der Waals surface area (Å²) in [6.45, 7) is 3.85. The number of nitrogens with one attached hydrogen (secondary N) is 1. The van der Waals surface area contributed by atoms with Gasteiger partial charge in [-0.25, -0.2) is 4.98 Å². The van der Waals surface area contributed by atoms with Crippen LogP contribution in [0, 0.1) is 6.92 Å². The topological polar surface area (TPSA) is 68.0 Å². The zero-order chi connectivity index (χ0) is 13.0. The van der Waals surface area contributed by atoms with Crippen LogP contribution in [-0.2, 0) is 11.2 Å². The van der Waals surface area contributed by atoms with Crippen molar-refractivity contribution in [2.24, 2.45) is 0 Å². The number of thiazole rings is 1. The Balaban J connectivity index is 1.94. The molecule has 1 atom stereocenters. The maximum atomic E-state index is 11.9. The van der Waals surface area contributed by atoms with Gasteiger partial charge in [0, 0.05) is 17.6 Å². The summed E-state index contributed by atoms with van der Waals surface area (Å²) in [5.74, 6) is 0.507. The Morgan fingerprint density at radius 2 is 2.44 bits per heavy atom. The molecule has 1 amide bonds. The molecule has 0 spiro atoms. The second-order valence-corrected chi connectivity index (χ2v) is 4.94. The largest absolute Gasteiger partial charge is 0.361 e. The molecule has 2 aromatic rings. The summed E-state index contributed by atoms with van der Waals surface area (Å²) in [5, 5.41) is 9.54. The first kappa shape index (κ1) is 12.8. The predicted octanol–water partition coefficient (Wildman–Crippen LogP) is 2.25. The highest BCUT2D eigenvalue weighted by molar-refractivity contribution is 7.09. The van der Waals surface area contributed by atoms with E-state index in [1.807, 2.05) is 19.2 Å². The minimum atomic E-state index is -0.0757. The van der Waals surface area contributed by atoms with Crippen LogP contribution in [0.5, 0.6) is 0 Å². The minimum Gasteiger partial charge on any atom is -0.361 e. The van der Waals surface area contributed by atoms with E-state index >= 15 is 0 Å². The SMILES string of the molecule is CC[C@H](NC(=O)Cc1cc(C)no1)c1nccs1. The minimum absolute atomic E-state index is 0.0264. The third-order valence-corrected chi connectivity index (χ3v) is 3.39. The van der Waals surface area contributed by atoms with Gasteiger partial charge in [-0.05, 0) is 13.3 Å². The summed E-state index contributed by atoms with van der Waals surface area (Å²) < 4.78 is 5.02. The van der Waals surface area contributed by atoms with Gasteiger partial charge in [0.15, 0.2) is 0 Å². The molecule has 0 bridgehead atoms. The molecule has 2 heterocycles. The molecule has 2 rings (SSSR count). The van der Waals surface area contributed by atoms with E-state index in [2.05, 4.69) is 15.5 Å². The fourth-order valence-corrected chi connectivity index (χ4v) is 2.42. The van der Waals surface area contributed by atoms with Gasteiger partial charge in [-0.2, -0.15) is 0 Å². The molecular formula is C12H15N3O2S. The number of hydrogen-bond donors (Lipinski definition) is 1. The number of nitrogens with zero attached hydrogens (tertiary/aromatic N) is 2. The maximum Gasteiger partial charge on any atom is 0.228 e. The standard InChI is InChI=1S/C12H15N3O2S/c1-3-10(12-13-4-5-18-12)14-11(16)7-9-6-8(2)15-17-9/h4-6,10H,3,7H2,1-2H3,(H,14,16)/t10-/m0/s1. The first-order chi connectivity index (χ1) is 8.69. The summed E-state index contributed by atoms with van der Waals surface area (Å²) in [4.78, 5) is 16.1. The quantitative estimate of drug-likeness (QED) is 0.900. The summed E-state index contributed by atoms with van der Waals surface area (Å²) in [6.07, 6.45) is 2.77. The van der Waals surface area contributed by atoms with Crippen molar-refractivity contribution in [3.8, 4) is 0 Å². The van der Waals surface area contributed by atoms with Crippen LogP contribution in [0.1, 0.15) is 35.8 Å². The van der Waals surface area contributed by atoms with Crippen LogP contribution in [0.4, 0.5) is 0 Å². The monoisotopic (exact) mass is 265 g/mol. The van der Waals surface area contributed by atoms with E-state index in [0.29, 0.717) is 5.76 Å². The van der Waals surface area contributed by atoms with Gasteiger partial charge in [-0.1, -0.05) is 12.1 Å². The first-order valence-corrected chi connectivity index (χ1v) is 6.68. The van der Waals surface area contributed by atoms with Crippen molar-refractivity contribution in [1.29, 1.82) is 0 Å². The van der Waals surface area contributed by atoms with Crippen molar-refractivity contribution in [2.45, 2.75) is 32.7 Å². The lowest BCUT2D eigenvalue weighted by molar-refractivity contribution is -0.121. The van der Waals surface area contributed by atoms with Gasteiger partial charge in [-0.15, -0.1) is 11.3 Å². The average Bonchev–Trinajstić information content (AvgIpc) is 2.98. The number of aryl methyl sites for hydroxylation is 1. The van der Waals surface area contributed by atoms with Gasteiger partial charge in [0.2, 0.25) is 5.91 Å². The summed E-state index contributed by atoms with van der Waals surface area (Å²) in [7, 11) is 0. The third kappa shape index (κ3) is 3.16. The fourth-order valence-electron chi connectivity index (χ4n) is 1.65. The number of carbonyl (C=O) groups is 1. The molecule has 0 radical (unpaired) electrons. The van der Waals surface area contributed by atoms with Gasteiger partial charge in [0.25, 0.3) is 0 Å². The summed E-state index contributed by atoms with van der Waals surface area (Å²) in [5.41, 5.74) is 0.782. The molecule has 2 aromatic heterocycles. The first-order valence-electron chi connectivity index (χ1n) is 5.80. The summed E-state index contributed by atoms with van der Waals surface area (Å²) >= 11 is 1.55. The van der Waals surface area contributed by atoms with Gasteiger partial charge < -0.3 is 9.84 Å². The maximum absolute atomic E-state index is 11.9. The van der Waals surface area contributed by atoms with E-state index in [4.69, 9.17) is 4.52 Å². The molecule has 18 heavy (non-hydrogen) atoms. The van der Waals surface area contributed by atoms with E-state index in [1.165, 1.54) is 0 Å². The van der Waals surface area contributed by atoms with E-state index in [0.717, 1.165) is 17.1 Å². The zero-order valence-electron chi connectivity index (χ0n) is 10.3. The van der Waals surface area contributed by atoms with Gasteiger partial charge >= 0.3 is 0 Å². The zero-order valence-corrected chi connectivity index (χ0v) is 11.2. The number of rotatable bonds is 5. The molecule has 0 aliphatic rings. The molecular weight excluding hydrogens is 250 g/mol. The lowest BCUT2D eigenvalue weighted by Crippen LogP contribution is -2.29. The van der Waals surface area contributed by atoms with E-state index in [-0.39, 0.29) is 18.4 Å². The van der Waals surface area contributed by atoms with Crippen molar-refractivity contribution in [2.75, 3.05) is 0 Å². The van der Waals surface area contributed by atoms with Crippen LogP contribution in [0.2, 0.25) is 0 Å². The van der Waals surface area contributed by atoms with Crippen molar-refractivity contribution >= 4 is 17.2 Å². The van der Waals surface area contributed by atoms with Gasteiger partial charge in [0.1, 0.15) is 10.8 Å². The normalized spacial score (nSPS) is 12.3. The van der Waals surface area contributed by atoms with Crippen LogP contribution in [0.25, 0.3) is 0 Å². The molecule has 5 nitrogen and oxygen atoms in total. The van der Waals surface area contributed by atoms with E-state index < -0.39 is 0 Å². The molecule has 0 aliphatic heterocycles. The molecule has 96 valence electrons. The molecule has 0 aliphatic carbocycles. The Morgan fingerprint density at radius 1 is 1.61 bits per heavy atom. The fraction of sp³-hybridized carbons (Fsp3) is 0.417. The van der Waals surface area contributed by atoms with E-state index in [1.54, 1.807) is 23.6 Å². The smallest absolute Gasteiger partial charge is 0.228 e. The van der Waals surface area contributed by atoms with Crippen LogP contribution in [-0.4, -0.2) is 16.0 Å². The van der Waals surface area contributed by atoms with Crippen molar-refractivity contribution < 1.29 is 9.32 Å². The Hall–Kier alpha value is -1.69. The molecule has 0 fully saturated rings. The Labute approximate surface area is 109 Å². The van der Waals surface area contributed by atoms with E-state index in [9.17, 15) is 4.79 Å². The molecule has 0 aromatic carbocycles. The van der Waals surface area contributed by atoms with Crippen molar-refractivity contribution in [1.82, 2.24) is 15.5 Å². The molecule has 1 N–H and O–H groups in total. The van der Waals surface area contributed by atoms with Crippen LogP contribution >= 0.6 is 11.3 Å². The van der Waals surface area contributed by atoms with Gasteiger partial charge in [0.05, 0.1) is 18.2 Å². The third-order valence-electron chi connectivity index (χ3n) is 2.50. The number of hydrogen-bond acceptors (Lipinski definition) is 5. The summed E-state index contributed by atoms with van der Waals surface area (Å²) in [6, 6.07) is 1.74. The number of aromatic nitrogens is 2.